The summed E-state index contributed by atoms with van der Waals surface area (Å²) >= 11 is 1.38. The highest BCUT2D eigenvalue weighted by molar-refractivity contribution is 7.18. The maximum absolute atomic E-state index is 14.9. The topological polar surface area (TPSA) is 91.4 Å². The number of anilines is 1. The standard InChI is InChI=1S/C19H23FN6OS/c1-25-7-13-9-26(10-14(13)8-25)19-24-23-18(28-19)17-15(20)3-11(4-16(17)27-2)12(5-21)6-22/h3-6,13-14,21H,7-10,22H2,1-2H3/b12-6+,21-5?. The van der Waals surface area contributed by atoms with Crippen molar-refractivity contribution in [1.29, 1.82) is 5.41 Å². The summed E-state index contributed by atoms with van der Waals surface area (Å²) in [4.78, 5) is 4.63. The van der Waals surface area contributed by atoms with Gasteiger partial charge in [-0.15, -0.1) is 10.2 Å². The van der Waals surface area contributed by atoms with Crippen molar-refractivity contribution in [3.8, 4) is 16.3 Å². The third kappa shape index (κ3) is 3.24. The summed E-state index contributed by atoms with van der Waals surface area (Å²) in [6.45, 7) is 4.15. The van der Waals surface area contributed by atoms with Gasteiger partial charge >= 0.3 is 0 Å². The van der Waals surface area contributed by atoms with Crippen LogP contribution in [0.1, 0.15) is 5.56 Å². The van der Waals surface area contributed by atoms with Crippen LogP contribution in [0.4, 0.5) is 9.52 Å². The second kappa shape index (κ2) is 7.48. The van der Waals surface area contributed by atoms with Crippen molar-refractivity contribution in [3.05, 3.63) is 29.7 Å². The summed E-state index contributed by atoms with van der Waals surface area (Å²) in [6.07, 6.45) is 2.35. The lowest BCUT2D eigenvalue weighted by molar-refractivity contribution is 0.387. The van der Waals surface area contributed by atoms with Crippen LogP contribution in [0.25, 0.3) is 16.1 Å². The number of aromatic nitrogens is 2. The summed E-state index contributed by atoms with van der Waals surface area (Å²) in [7, 11) is 3.65. The van der Waals surface area contributed by atoms with Crippen molar-refractivity contribution in [1.82, 2.24) is 15.1 Å². The Labute approximate surface area is 167 Å². The Hall–Kier alpha value is -2.52. The molecule has 2 fully saturated rings. The molecule has 2 atom stereocenters. The van der Waals surface area contributed by atoms with E-state index in [4.69, 9.17) is 15.9 Å². The molecule has 0 radical (unpaired) electrons. The van der Waals surface area contributed by atoms with Crippen molar-refractivity contribution >= 4 is 28.3 Å². The Balaban J connectivity index is 1.63. The number of methoxy groups -OCH3 is 1. The summed E-state index contributed by atoms with van der Waals surface area (Å²) in [6, 6.07) is 3.01. The fraction of sp³-hybridized carbons (Fsp3) is 0.421. The van der Waals surface area contributed by atoms with Gasteiger partial charge < -0.3 is 25.7 Å². The zero-order valence-corrected chi connectivity index (χ0v) is 16.7. The molecule has 3 heterocycles. The summed E-state index contributed by atoms with van der Waals surface area (Å²) in [5.41, 5.74) is 6.70. The Kier molecular flexibility index (Phi) is 5.03. The number of nitrogens with two attached hydrogens (primary N) is 1. The Morgan fingerprint density at radius 1 is 1.29 bits per heavy atom. The van der Waals surface area contributed by atoms with E-state index < -0.39 is 5.82 Å². The molecule has 3 N–H and O–H groups in total. The number of hydrogen-bond acceptors (Lipinski definition) is 8. The average Bonchev–Trinajstić information content (AvgIpc) is 3.36. The van der Waals surface area contributed by atoms with Crippen molar-refractivity contribution in [2.45, 2.75) is 0 Å². The fourth-order valence-electron chi connectivity index (χ4n) is 4.17. The molecule has 0 bridgehead atoms. The number of benzene rings is 1. The maximum Gasteiger partial charge on any atom is 0.208 e. The van der Waals surface area contributed by atoms with Gasteiger partial charge in [-0.05, 0) is 36.6 Å². The van der Waals surface area contributed by atoms with E-state index in [1.807, 2.05) is 0 Å². The van der Waals surface area contributed by atoms with Gasteiger partial charge in [0.1, 0.15) is 11.6 Å². The molecule has 148 valence electrons. The van der Waals surface area contributed by atoms with Crippen LogP contribution < -0.4 is 15.4 Å². The van der Waals surface area contributed by atoms with Gasteiger partial charge in [0, 0.05) is 44.2 Å². The number of hydrogen-bond donors (Lipinski definition) is 2. The molecule has 28 heavy (non-hydrogen) atoms. The number of allylic oxidation sites excluding steroid dienone is 1. The van der Waals surface area contributed by atoms with Crippen molar-refractivity contribution in [3.63, 3.8) is 0 Å². The van der Waals surface area contributed by atoms with Crippen LogP contribution in [0.3, 0.4) is 0 Å². The molecule has 1 aromatic heterocycles. The van der Waals surface area contributed by atoms with E-state index in [0.29, 0.717) is 33.7 Å². The van der Waals surface area contributed by atoms with Crippen LogP contribution in [0, 0.1) is 23.1 Å². The quantitative estimate of drug-likeness (QED) is 0.746. The Morgan fingerprint density at radius 3 is 2.61 bits per heavy atom. The summed E-state index contributed by atoms with van der Waals surface area (Å²) in [5, 5.41) is 17.3. The lowest BCUT2D eigenvalue weighted by Gasteiger charge is -2.17. The predicted octanol–water partition coefficient (Wildman–Crippen LogP) is 2.30. The minimum Gasteiger partial charge on any atom is -0.496 e. The molecule has 2 aromatic rings. The molecular formula is C19H23FN6OS. The molecule has 1 aromatic carbocycles. The zero-order valence-electron chi connectivity index (χ0n) is 15.9. The number of fused-ring (bicyclic) bond motifs is 1. The number of nitrogens with one attached hydrogen (secondary N) is 1. The molecule has 0 amide bonds. The van der Waals surface area contributed by atoms with Crippen LogP contribution in [0.5, 0.6) is 5.75 Å². The minimum absolute atomic E-state index is 0.287. The SMILES string of the molecule is COc1cc(/C(C=N)=C/N)cc(F)c1-c1nnc(N2CC3CN(C)CC3C2)s1. The van der Waals surface area contributed by atoms with E-state index >= 15 is 0 Å². The number of halogens is 1. The number of rotatable bonds is 5. The maximum atomic E-state index is 14.9. The minimum atomic E-state index is -0.474. The van der Waals surface area contributed by atoms with Gasteiger partial charge in [-0.1, -0.05) is 11.3 Å². The van der Waals surface area contributed by atoms with Gasteiger partial charge in [0.25, 0.3) is 0 Å². The number of nitrogens with zero attached hydrogens (tertiary/aromatic N) is 4. The van der Waals surface area contributed by atoms with E-state index in [9.17, 15) is 4.39 Å². The second-order valence-electron chi connectivity index (χ2n) is 7.34. The molecule has 4 rings (SSSR count). The van der Waals surface area contributed by atoms with Crippen molar-refractivity contribution < 1.29 is 9.13 Å². The molecule has 0 spiro atoms. The summed E-state index contributed by atoms with van der Waals surface area (Å²) in [5.74, 6) is 1.19. The molecule has 2 saturated heterocycles. The van der Waals surface area contributed by atoms with Crippen LogP contribution in [0.2, 0.25) is 0 Å². The highest BCUT2D eigenvalue weighted by Crippen LogP contribution is 2.40. The first-order valence-electron chi connectivity index (χ1n) is 9.11. The van der Waals surface area contributed by atoms with E-state index in [2.05, 4.69) is 27.0 Å². The monoisotopic (exact) mass is 402 g/mol. The number of likely N-dealkylation sites (tertiary alicyclic amines) is 1. The molecule has 0 aliphatic carbocycles. The smallest absolute Gasteiger partial charge is 0.208 e. The first-order chi connectivity index (χ1) is 13.5. The molecule has 2 aliphatic rings. The fourth-order valence-corrected chi connectivity index (χ4v) is 5.09. The zero-order chi connectivity index (χ0) is 19.8. The van der Waals surface area contributed by atoms with Gasteiger partial charge in [0.05, 0.1) is 12.7 Å². The highest BCUT2D eigenvalue weighted by atomic mass is 32.1. The van der Waals surface area contributed by atoms with Gasteiger partial charge in [-0.3, -0.25) is 0 Å². The van der Waals surface area contributed by atoms with Gasteiger partial charge in [0.15, 0.2) is 5.01 Å². The Morgan fingerprint density at radius 2 is 2.00 bits per heavy atom. The van der Waals surface area contributed by atoms with Crippen LogP contribution in [-0.2, 0) is 0 Å². The normalized spacial score (nSPS) is 22.5. The van der Waals surface area contributed by atoms with E-state index in [1.54, 1.807) is 6.07 Å². The lowest BCUT2D eigenvalue weighted by atomic mass is 10.0. The molecular weight excluding hydrogens is 379 g/mol. The van der Waals surface area contributed by atoms with E-state index in [1.165, 1.54) is 30.7 Å². The van der Waals surface area contributed by atoms with Crippen LogP contribution in [0.15, 0.2) is 18.3 Å². The van der Waals surface area contributed by atoms with Gasteiger partial charge in [-0.25, -0.2) is 4.39 Å². The molecule has 0 saturated carbocycles. The third-order valence-electron chi connectivity index (χ3n) is 5.51. The first kappa shape index (κ1) is 18.8. The predicted molar refractivity (Wildman–Crippen MR) is 109 cm³/mol. The van der Waals surface area contributed by atoms with E-state index in [0.717, 1.165) is 37.5 Å². The van der Waals surface area contributed by atoms with Crippen LogP contribution in [-0.4, -0.2) is 61.6 Å². The third-order valence-corrected chi connectivity index (χ3v) is 6.51. The molecule has 2 unspecified atom stereocenters. The molecule has 7 nitrogen and oxygen atoms in total. The Bertz CT molecular complexity index is 915. The average molecular weight is 402 g/mol. The number of ether oxygens (including phenoxy) is 1. The largest absolute Gasteiger partial charge is 0.496 e. The summed E-state index contributed by atoms with van der Waals surface area (Å²) < 4.78 is 20.3. The van der Waals surface area contributed by atoms with Gasteiger partial charge in [0.2, 0.25) is 5.13 Å². The van der Waals surface area contributed by atoms with Crippen LogP contribution >= 0.6 is 11.3 Å². The molecule has 9 heteroatoms. The highest BCUT2D eigenvalue weighted by Gasteiger charge is 2.39. The van der Waals surface area contributed by atoms with E-state index in [-0.39, 0.29) is 5.56 Å². The lowest BCUT2D eigenvalue weighted by Crippen LogP contribution is -2.26. The first-order valence-corrected chi connectivity index (χ1v) is 9.93. The van der Waals surface area contributed by atoms with Gasteiger partial charge in [-0.2, -0.15) is 0 Å². The van der Waals surface area contributed by atoms with Crippen molar-refractivity contribution in [2.24, 2.45) is 17.6 Å². The molecule has 2 aliphatic heterocycles. The van der Waals surface area contributed by atoms with Crippen molar-refractivity contribution in [2.75, 3.05) is 45.2 Å². The second-order valence-corrected chi connectivity index (χ2v) is 8.29.